The van der Waals surface area contributed by atoms with Crippen LogP contribution in [0.3, 0.4) is 0 Å². The minimum Gasteiger partial charge on any atom is -0.480 e. The Morgan fingerprint density at radius 2 is 2.00 bits per heavy atom. The van der Waals surface area contributed by atoms with Crippen molar-refractivity contribution in [2.24, 2.45) is 0 Å². The number of H-pyrrole nitrogens is 1. The highest BCUT2D eigenvalue weighted by Gasteiger charge is 2.42. The van der Waals surface area contributed by atoms with Crippen LogP contribution in [-0.4, -0.2) is 27.5 Å². The van der Waals surface area contributed by atoms with Gasteiger partial charge in [-0.05, 0) is 19.8 Å². The number of amides is 1. The number of hydrogen-bond donors (Lipinski definition) is 3. The van der Waals surface area contributed by atoms with E-state index in [-0.39, 0.29) is 5.56 Å². The molecule has 1 aromatic rings. The van der Waals surface area contributed by atoms with Crippen molar-refractivity contribution < 1.29 is 14.7 Å². The first-order valence-electron chi connectivity index (χ1n) is 6.20. The van der Waals surface area contributed by atoms with Crippen LogP contribution in [0, 0.1) is 6.92 Å². The van der Waals surface area contributed by atoms with Crippen LogP contribution in [0.5, 0.6) is 0 Å². The summed E-state index contributed by atoms with van der Waals surface area (Å²) >= 11 is 0. The highest BCUT2D eigenvalue weighted by atomic mass is 16.4. The summed E-state index contributed by atoms with van der Waals surface area (Å²) in [6.07, 6.45) is 3.64. The van der Waals surface area contributed by atoms with E-state index in [1.54, 1.807) is 6.92 Å². The minimum atomic E-state index is -1.23. The zero-order valence-corrected chi connectivity index (χ0v) is 10.7. The lowest BCUT2D eigenvalue weighted by molar-refractivity contribution is -0.144. The first kappa shape index (κ1) is 13.3. The summed E-state index contributed by atoms with van der Waals surface area (Å²) in [5.41, 5.74) is -1.05. The van der Waals surface area contributed by atoms with Gasteiger partial charge in [0, 0.05) is 18.0 Å². The van der Waals surface area contributed by atoms with Gasteiger partial charge in [-0.1, -0.05) is 12.8 Å². The van der Waals surface area contributed by atoms with Crippen molar-refractivity contribution in [3.63, 3.8) is 0 Å². The van der Waals surface area contributed by atoms with Crippen molar-refractivity contribution in [3.05, 3.63) is 33.7 Å². The lowest BCUT2D eigenvalue weighted by Crippen LogP contribution is -2.53. The van der Waals surface area contributed by atoms with Gasteiger partial charge in [0.25, 0.3) is 5.91 Å². The van der Waals surface area contributed by atoms with Gasteiger partial charge < -0.3 is 15.4 Å². The lowest BCUT2D eigenvalue weighted by atomic mass is 9.97. The molecule has 6 nitrogen and oxygen atoms in total. The number of aromatic nitrogens is 1. The Morgan fingerprint density at radius 1 is 1.37 bits per heavy atom. The van der Waals surface area contributed by atoms with E-state index in [9.17, 15) is 19.5 Å². The maximum absolute atomic E-state index is 12.0. The number of carboxylic acids is 1. The predicted molar refractivity (Wildman–Crippen MR) is 68.1 cm³/mol. The molecule has 0 unspecified atom stereocenters. The molecule has 0 spiro atoms. The van der Waals surface area contributed by atoms with Gasteiger partial charge in [-0.2, -0.15) is 0 Å². The van der Waals surface area contributed by atoms with Crippen molar-refractivity contribution in [2.75, 3.05) is 0 Å². The molecule has 1 heterocycles. The number of pyridine rings is 1. The van der Waals surface area contributed by atoms with Crippen molar-refractivity contribution in [1.29, 1.82) is 0 Å². The molecule has 0 bridgehead atoms. The monoisotopic (exact) mass is 264 g/mol. The average Bonchev–Trinajstić information content (AvgIpc) is 2.78. The number of aryl methyl sites for hydroxylation is 1. The van der Waals surface area contributed by atoms with E-state index < -0.39 is 22.8 Å². The largest absolute Gasteiger partial charge is 0.480 e. The molecule has 0 atom stereocenters. The lowest BCUT2D eigenvalue weighted by Gasteiger charge is -2.25. The molecule has 19 heavy (non-hydrogen) atoms. The molecular weight excluding hydrogens is 248 g/mol. The fourth-order valence-corrected chi connectivity index (χ4v) is 2.41. The maximum Gasteiger partial charge on any atom is 0.329 e. The van der Waals surface area contributed by atoms with Crippen LogP contribution in [0.25, 0.3) is 0 Å². The zero-order valence-electron chi connectivity index (χ0n) is 10.7. The number of carbonyl (C=O) groups is 2. The predicted octanol–water partition coefficient (Wildman–Crippen LogP) is 0.811. The van der Waals surface area contributed by atoms with Crippen LogP contribution in [0.2, 0.25) is 0 Å². The summed E-state index contributed by atoms with van der Waals surface area (Å²) in [4.78, 5) is 37.9. The Bertz CT molecular complexity index is 570. The first-order valence-corrected chi connectivity index (χ1v) is 6.20. The molecule has 1 amide bonds. The number of aliphatic carboxylic acids is 1. The molecule has 2 rings (SSSR count). The van der Waals surface area contributed by atoms with Gasteiger partial charge in [0.1, 0.15) is 11.1 Å². The molecule has 0 aliphatic heterocycles. The molecule has 1 aliphatic carbocycles. The summed E-state index contributed by atoms with van der Waals surface area (Å²) in [6, 6.07) is 1.32. The highest BCUT2D eigenvalue weighted by molar-refractivity contribution is 5.97. The van der Waals surface area contributed by atoms with E-state index in [0.717, 1.165) is 12.8 Å². The summed E-state index contributed by atoms with van der Waals surface area (Å²) in [7, 11) is 0. The molecule has 0 saturated heterocycles. The van der Waals surface area contributed by atoms with Crippen molar-refractivity contribution >= 4 is 11.9 Å². The van der Waals surface area contributed by atoms with E-state index in [1.807, 2.05) is 0 Å². The third-order valence-corrected chi connectivity index (χ3v) is 3.52. The third kappa shape index (κ3) is 2.52. The molecule has 0 radical (unpaired) electrons. The maximum atomic E-state index is 12.0. The smallest absolute Gasteiger partial charge is 0.329 e. The molecule has 1 fully saturated rings. The number of hydrogen-bond acceptors (Lipinski definition) is 3. The van der Waals surface area contributed by atoms with Crippen molar-refractivity contribution in [2.45, 2.75) is 38.1 Å². The van der Waals surface area contributed by atoms with Crippen LogP contribution < -0.4 is 10.7 Å². The molecule has 6 heteroatoms. The Labute approximate surface area is 109 Å². The Morgan fingerprint density at radius 3 is 2.53 bits per heavy atom. The molecule has 1 saturated carbocycles. The van der Waals surface area contributed by atoms with E-state index in [2.05, 4.69) is 10.3 Å². The number of nitrogens with one attached hydrogen (secondary N) is 2. The summed E-state index contributed by atoms with van der Waals surface area (Å²) in [5.74, 6) is -1.67. The van der Waals surface area contributed by atoms with Gasteiger partial charge in [-0.25, -0.2) is 4.79 Å². The summed E-state index contributed by atoms with van der Waals surface area (Å²) in [5, 5.41) is 11.8. The fourth-order valence-electron chi connectivity index (χ4n) is 2.41. The van der Waals surface area contributed by atoms with Crippen LogP contribution in [0.4, 0.5) is 0 Å². The SMILES string of the molecule is Cc1cc(=O)c(C(=O)NC2(C(=O)O)CCCC2)c[nH]1. The Hall–Kier alpha value is -2.11. The Balaban J connectivity index is 2.25. The van der Waals surface area contributed by atoms with Gasteiger partial charge in [-0.3, -0.25) is 9.59 Å². The zero-order chi connectivity index (χ0) is 14.0. The second kappa shape index (κ2) is 4.87. The number of aromatic amines is 1. The van der Waals surface area contributed by atoms with Gasteiger partial charge in [0.15, 0.2) is 5.43 Å². The molecule has 3 N–H and O–H groups in total. The van der Waals surface area contributed by atoms with Gasteiger partial charge >= 0.3 is 5.97 Å². The summed E-state index contributed by atoms with van der Waals surface area (Å²) < 4.78 is 0. The van der Waals surface area contributed by atoms with Gasteiger partial charge in [-0.15, -0.1) is 0 Å². The molecule has 1 aromatic heterocycles. The van der Waals surface area contributed by atoms with Crippen LogP contribution in [0.15, 0.2) is 17.1 Å². The van der Waals surface area contributed by atoms with Gasteiger partial charge in [0.05, 0.1) is 0 Å². The quantitative estimate of drug-likeness (QED) is 0.752. The van der Waals surface area contributed by atoms with Crippen molar-refractivity contribution in [3.8, 4) is 0 Å². The van der Waals surface area contributed by atoms with E-state index in [1.165, 1.54) is 12.3 Å². The molecule has 102 valence electrons. The molecule has 1 aliphatic rings. The first-order chi connectivity index (χ1) is 8.94. The van der Waals surface area contributed by atoms with Crippen LogP contribution in [0.1, 0.15) is 41.7 Å². The average molecular weight is 264 g/mol. The number of rotatable bonds is 3. The Kier molecular flexibility index (Phi) is 3.42. The van der Waals surface area contributed by atoms with E-state index in [4.69, 9.17) is 0 Å². The second-order valence-electron chi connectivity index (χ2n) is 4.94. The standard InChI is InChI=1S/C13H16N2O4/c1-8-6-10(16)9(7-14-8)11(17)15-13(12(18)19)4-2-3-5-13/h6-7H,2-5H2,1H3,(H,14,16)(H,15,17)(H,18,19). The molecule has 0 aromatic carbocycles. The van der Waals surface area contributed by atoms with Gasteiger partial charge in [0.2, 0.25) is 0 Å². The second-order valence-corrected chi connectivity index (χ2v) is 4.94. The number of carboxylic acid groups (broad SMARTS) is 1. The number of carbonyl (C=O) groups excluding carboxylic acids is 1. The van der Waals surface area contributed by atoms with Crippen LogP contribution >= 0.6 is 0 Å². The summed E-state index contributed by atoms with van der Waals surface area (Å²) in [6.45, 7) is 1.71. The minimum absolute atomic E-state index is 0.0573. The fraction of sp³-hybridized carbons (Fsp3) is 0.462. The molecular formula is C13H16N2O4. The van der Waals surface area contributed by atoms with Crippen LogP contribution in [-0.2, 0) is 4.79 Å². The topological polar surface area (TPSA) is 99.3 Å². The van der Waals surface area contributed by atoms with E-state index >= 15 is 0 Å². The van der Waals surface area contributed by atoms with E-state index in [0.29, 0.717) is 18.5 Å². The third-order valence-electron chi connectivity index (χ3n) is 3.52. The normalized spacial score (nSPS) is 17.1. The highest BCUT2D eigenvalue weighted by Crippen LogP contribution is 2.30. The van der Waals surface area contributed by atoms with Crippen molar-refractivity contribution in [1.82, 2.24) is 10.3 Å².